The Morgan fingerprint density at radius 3 is 2.25 bits per heavy atom. The van der Waals surface area contributed by atoms with Crippen molar-refractivity contribution in [3.8, 4) is 0 Å². The van der Waals surface area contributed by atoms with Gasteiger partial charge in [0.05, 0.1) is 0 Å². The van der Waals surface area contributed by atoms with Gasteiger partial charge in [-0.05, 0) is 13.0 Å². The summed E-state index contributed by atoms with van der Waals surface area (Å²) in [5.41, 5.74) is 0. The van der Waals surface area contributed by atoms with Crippen LogP contribution in [0.15, 0.2) is 23.8 Å². The molecule has 1 saturated heterocycles. The molecule has 0 atom stereocenters. The Kier molecular flexibility index (Phi) is 3.02. The maximum absolute atomic E-state index is 5.42. The first-order valence-corrected chi connectivity index (χ1v) is 4.04. The van der Waals surface area contributed by atoms with E-state index in [4.69, 9.17) is 9.47 Å². The Morgan fingerprint density at radius 1 is 1.17 bits per heavy atom. The Morgan fingerprint density at radius 2 is 1.75 bits per heavy atom. The van der Waals surface area contributed by atoms with Gasteiger partial charge < -0.3 is 14.4 Å². The van der Waals surface area contributed by atoms with Gasteiger partial charge in [0.25, 0.3) is 0 Å². The minimum atomic E-state index is 0.636. The molecule has 1 aliphatic rings. The summed E-state index contributed by atoms with van der Waals surface area (Å²) in [5.74, 6) is 1.64. The molecule has 0 amide bonds. The molecule has 0 aromatic carbocycles. The van der Waals surface area contributed by atoms with Gasteiger partial charge in [0.2, 0.25) is 0 Å². The van der Waals surface area contributed by atoms with Gasteiger partial charge in [-0.25, -0.2) is 0 Å². The van der Waals surface area contributed by atoms with Gasteiger partial charge >= 0.3 is 0 Å². The lowest BCUT2D eigenvalue weighted by Gasteiger charge is -2.21. The van der Waals surface area contributed by atoms with Gasteiger partial charge in [-0.3, -0.25) is 0 Å². The van der Waals surface area contributed by atoms with Crippen molar-refractivity contribution in [2.24, 2.45) is 0 Å². The van der Waals surface area contributed by atoms with Crippen molar-refractivity contribution in [3.63, 3.8) is 0 Å². The minimum Gasteiger partial charge on any atom is -0.486 e. The second kappa shape index (κ2) is 4.04. The summed E-state index contributed by atoms with van der Waals surface area (Å²) in [6.07, 6.45) is 3.82. The highest BCUT2D eigenvalue weighted by Crippen LogP contribution is 2.17. The van der Waals surface area contributed by atoms with Gasteiger partial charge in [0.1, 0.15) is 13.2 Å². The zero-order chi connectivity index (χ0) is 8.97. The number of ether oxygens (including phenoxy) is 2. The van der Waals surface area contributed by atoms with Gasteiger partial charge in [-0.2, -0.15) is 0 Å². The lowest BCUT2D eigenvalue weighted by atomic mass is 10.3. The summed E-state index contributed by atoms with van der Waals surface area (Å²) in [7, 11) is 3.91. The monoisotopic (exact) mass is 169 g/mol. The van der Waals surface area contributed by atoms with Crippen LogP contribution in [0.2, 0.25) is 0 Å². The smallest absolute Gasteiger partial charge is 0.176 e. The Labute approximate surface area is 73.3 Å². The Bertz CT molecular complexity index is 207. The van der Waals surface area contributed by atoms with Crippen molar-refractivity contribution in [3.05, 3.63) is 23.8 Å². The number of rotatable bonds is 1. The van der Waals surface area contributed by atoms with E-state index in [-0.39, 0.29) is 0 Å². The van der Waals surface area contributed by atoms with E-state index in [1.165, 1.54) is 0 Å². The molecule has 1 fully saturated rings. The summed E-state index contributed by atoms with van der Waals surface area (Å²) >= 11 is 0. The fourth-order valence-corrected chi connectivity index (χ4v) is 1.01. The van der Waals surface area contributed by atoms with Crippen molar-refractivity contribution in [1.29, 1.82) is 0 Å². The van der Waals surface area contributed by atoms with E-state index in [0.717, 1.165) is 11.5 Å². The van der Waals surface area contributed by atoms with Crippen molar-refractivity contribution in [2.75, 3.05) is 27.3 Å². The molecule has 0 unspecified atom stereocenters. The lowest BCUT2D eigenvalue weighted by Crippen LogP contribution is -2.16. The first-order chi connectivity index (χ1) is 5.74. The van der Waals surface area contributed by atoms with E-state index in [1.54, 1.807) is 0 Å². The normalized spacial score (nSPS) is 23.6. The highest BCUT2D eigenvalue weighted by atomic mass is 16.6. The molecule has 0 aliphatic carbocycles. The van der Waals surface area contributed by atoms with Crippen molar-refractivity contribution in [2.45, 2.75) is 6.92 Å². The second-order valence-electron chi connectivity index (χ2n) is 2.81. The molecule has 0 radical (unpaired) electrons. The third kappa shape index (κ3) is 2.19. The summed E-state index contributed by atoms with van der Waals surface area (Å²) < 4.78 is 10.8. The molecule has 3 heteroatoms. The zero-order valence-corrected chi connectivity index (χ0v) is 7.83. The van der Waals surface area contributed by atoms with E-state index in [0.29, 0.717) is 13.2 Å². The SMILES string of the molecule is C/C=C1/OCCO/C1=C/N(C)C. The van der Waals surface area contributed by atoms with E-state index in [1.807, 2.05) is 38.2 Å². The maximum Gasteiger partial charge on any atom is 0.176 e. The molecule has 0 bridgehead atoms. The third-order valence-electron chi connectivity index (χ3n) is 1.48. The highest BCUT2D eigenvalue weighted by Gasteiger charge is 2.12. The van der Waals surface area contributed by atoms with Crippen LogP contribution in [0.3, 0.4) is 0 Å². The molecular formula is C9H15NO2. The number of nitrogens with zero attached hydrogens (tertiary/aromatic N) is 1. The van der Waals surface area contributed by atoms with E-state index in [2.05, 4.69) is 0 Å². The van der Waals surface area contributed by atoms with Gasteiger partial charge in [-0.1, -0.05) is 0 Å². The molecule has 0 spiro atoms. The summed E-state index contributed by atoms with van der Waals surface area (Å²) in [5, 5.41) is 0. The van der Waals surface area contributed by atoms with Gasteiger partial charge in [0, 0.05) is 20.3 Å². The standard InChI is InChI=1S/C9H15NO2/c1-4-8-9(7-10(2)3)12-6-5-11-8/h4,7H,5-6H2,1-3H3/b8-4+,9-7+. The summed E-state index contributed by atoms with van der Waals surface area (Å²) in [4.78, 5) is 1.94. The number of allylic oxidation sites excluding steroid dienone is 1. The molecule has 0 aromatic rings. The first kappa shape index (κ1) is 8.97. The quantitative estimate of drug-likeness (QED) is 0.591. The van der Waals surface area contributed by atoms with Crippen LogP contribution in [-0.2, 0) is 9.47 Å². The van der Waals surface area contributed by atoms with E-state index < -0.39 is 0 Å². The maximum atomic E-state index is 5.42. The van der Waals surface area contributed by atoms with Crippen LogP contribution >= 0.6 is 0 Å². The van der Waals surface area contributed by atoms with Gasteiger partial charge in [0.15, 0.2) is 11.5 Å². The van der Waals surface area contributed by atoms with Crippen LogP contribution in [0.1, 0.15) is 6.92 Å². The number of hydrogen-bond donors (Lipinski definition) is 0. The molecule has 1 rings (SSSR count). The molecule has 1 heterocycles. The van der Waals surface area contributed by atoms with Crippen LogP contribution in [0, 0.1) is 0 Å². The average Bonchev–Trinajstić information content (AvgIpc) is 2.04. The molecular weight excluding hydrogens is 154 g/mol. The van der Waals surface area contributed by atoms with Crippen molar-refractivity contribution >= 4 is 0 Å². The number of hydrogen-bond acceptors (Lipinski definition) is 3. The zero-order valence-electron chi connectivity index (χ0n) is 7.83. The summed E-state index contributed by atoms with van der Waals surface area (Å²) in [6, 6.07) is 0. The van der Waals surface area contributed by atoms with Crippen LogP contribution in [0.4, 0.5) is 0 Å². The average molecular weight is 169 g/mol. The van der Waals surface area contributed by atoms with Crippen molar-refractivity contribution in [1.82, 2.24) is 4.90 Å². The van der Waals surface area contributed by atoms with Crippen LogP contribution in [0.5, 0.6) is 0 Å². The third-order valence-corrected chi connectivity index (χ3v) is 1.48. The molecule has 68 valence electrons. The fourth-order valence-electron chi connectivity index (χ4n) is 1.01. The predicted octanol–water partition coefficient (Wildman–Crippen LogP) is 1.34. The Hall–Kier alpha value is -1.12. The minimum absolute atomic E-state index is 0.636. The van der Waals surface area contributed by atoms with E-state index >= 15 is 0 Å². The summed E-state index contributed by atoms with van der Waals surface area (Å²) in [6.45, 7) is 3.22. The fraction of sp³-hybridized carbons (Fsp3) is 0.556. The molecule has 0 N–H and O–H groups in total. The second-order valence-corrected chi connectivity index (χ2v) is 2.81. The molecule has 1 aliphatic heterocycles. The van der Waals surface area contributed by atoms with Gasteiger partial charge in [-0.15, -0.1) is 0 Å². The largest absolute Gasteiger partial charge is 0.486 e. The molecule has 12 heavy (non-hydrogen) atoms. The highest BCUT2D eigenvalue weighted by molar-refractivity contribution is 5.20. The van der Waals surface area contributed by atoms with Crippen LogP contribution in [-0.4, -0.2) is 32.2 Å². The van der Waals surface area contributed by atoms with Crippen molar-refractivity contribution < 1.29 is 9.47 Å². The molecule has 0 saturated carbocycles. The first-order valence-electron chi connectivity index (χ1n) is 4.04. The molecule has 3 nitrogen and oxygen atoms in total. The topological polar surface area (TPSA) is 21.7 Å². The van der Waals surface area contributed by atoms with Crippen LogP contribution < -0.4 is 0 Å². The lowest BCUT2D eigenvalue weighted by molar-refractivity contribution is 0.0568. The van der Waals surface area contributed by atoms with Crippen LogP contribution in [0.25, 0.3) is 0 Å². The van der Waals surface area contributed by atoms with E-state index in [9.17, 15) is 0 Å². The Balaban J connectivity index is 2.72. The molecule has 0 aromatic heterocycles. The predicted molar refractivity (Wildman–Crippen MR) is 47.4 cm³/mol.